The summed E-state index contributed by atoms with van der Waals surface area (Å²) in [6.07, 6.45) is 0. The van der Waals surface area contributed by atoms with Gasteiger partial charge < -0.3 is 15.5 Å². The highest BCUT2D eigenvalue weighted by atomic mass is 16.5. The van der Waals surface area contributed by atoms with Crippen LogP contribution in [-0.2, 0) is 4.65 Å². The Morgan fingerprint density at radius 3 is 2.39 bits per heavy atom. The molecule has 0 aliphatic rings. The SMILES string of the molecule is CC(C)(O)C(C)(C)O[B-]c1cc(N)cc(C#N)c1. The highest BCUT2D eigenvalue weighted by molar-refractivity contribution is 6.47. The lowest BCUT2D eigenvalue weighted by Gasteiger charge is -2.45. The van der Waals surface area contributed by atoms with E-state index in [1.807, 2.05) is 6.07 Å². The van der Waals surface area contributed by atoms with Gasteiger partial charge >= 0.3 is 0 Å². The smallest absolute Gasteiger partial charge is 0.0991 e. The van der Waals surface area contributed by atoms with E-state index in [9.17, 15) is 5.11 Å². The quantitative estimate of drug-likeness (QED) is 0.611. The molecule has 0 amide bonds. The van der Waals surface area contributed by atoms with Crippen LogP contribution in [0.1, 0.15) is 33.3 Å². The highest BCUT2D eigenvalue weighted by Crippen LogP contribution is 2.24. The van der Waals surface area contributed by atoms with Crippen LogP contribution in [0.2, 0.25) is 0 Å². The Hall–Kier alpha value is -1.51. The zero-order valence-electron chi connectivity index (χ0n) is 11.2. The maximum Gasteiger partial charge on any atom is 0.0991 e. The third-order valence-electron chi connectivity index (χ3n) is 3.07. The van der Waals surface area contributed by atoms with E-state index in [1.165, 1.54) is 7.48 Å². The molecule has 0 fully saturated rings. The molecule has 96 valence electrons. The van der Waals surface area contributed by atoms with E-state index < -0.39 is 11.2 Å². The molecule has 0 saturated carbocycles. The molecule has 1 rings (SSSR count). The van der Waals surface area contributed by atoms with Crippen LogP contribution in [0.25, 0.3) is 0 Å². The molecule has 0 aliphatic carbocycles. The predicted molar refractivity (Wildman–Crippen MR) is 72.4 cm³/mol. The molecule has 0 unspecified atom stereocenters. The molecule has 0 aromatic heterocycles. The molecule has 1 aromatic carbocycles. The Morgan fingerprint density at radius 2 is 1.89 bits per heavy atom. The lowest BCUT2D eigenvalue weighted by molar-refractivity contribution is -0.0893. The van der Waals surface area contributed by atoms with Crippen molar-refractivity contribution in [2.24, 2.45) is 0 Å². The molecular formula is C13H18BN2O2-. The van der Waals surface area contributed by atoms with E-state index in [0.717, 1.165) is 0 Å². The van der Waals surface area contributed by atoms with Crippen molar-refractivity contribution in [2.75, 3.05) is 5.73 Å². The third-order valence-corrected chi connectivity index (χ3v) is 3.07. The number of nitrogens with zero attached hydrogens (tertiary/aromatic N) is 1. The highest BCUT2D eigenvalue weighted by Gasteiger charge is 2.31. The largest absolute Gasteiger partial charge is 0.649 e. The van der Waals surface area contributed by atoms with Crippen LogP contribution >= 0.6 is 0 Å². The summed E-state index contributed by atoms with van der Waals surface area (Å²) in [6, 6.07) is 7.01. The van der Waals surface area contributed by atoms with Crippen molar-refractivity contribution in [3.8, 4) is 6.07 Å². The number of nitrogens with two attached hydrogens (primary N) is 1. The first-order valence-corrected chi connectivity index (χ1v) is 5.70. The van der Waals surface area contributed by atoms with Crippen LogP contribution in [0.3, 0.4) is 0 Å². The molecule has 3 N–H and O–H groups in total. The summed E-state index contributed by atoms with van der Waals surface area (Å²) in [5.41, 5.74) is 5.63. The Bertz CT molecular complexity index is 473. The maximum atomic E-state index is 9.96. The predicted octanol–water partition coefficient (Wildman–Crippen LogP) is 0.951. The summed E-state index contributed by atoms with van der Waals surface area (Å²) in [4.78, 5) is 0. The van der Waals surface area contributed by atoms with Gasteiger partial charge in [0.25, 0.3) is 0 Å². The van der Waals surface area contributed by atoms with Crippen LogP contribution < -0.4 is 11.2 Å². The first-order valence-electron chi connectivity index (χ1n) is 5.70. The molecule has 4 nitrogen and oxygen atoms in total. The minimum absolute atomic E-state index is 0.478. The van der Waals surface area contributed by atoms with Crippen LogP contribution in [0.4, 0.5) is 5.69 Å². The standard InChI is InChI=1S/C13H18BN2O2/c1-12(2,17)13(3,4)18-14-10-5-9(8-15)6-11(16)7-10/h5-7,17H,16H2,1-4H3/q-1. The first-order chi connectivity index (χ1) is 8.15. The van der Waals surface area contributed by atoms with Crippen molar-refractivity contribution in [1.29, 1.82) is 5.26 Å². The van der Waals surface area contributed by atoms with Gasteiger partial charge in [-0.3, -0.25) is 0 Å². The van der Waals surface area contributed by atoms with E-state index in [1.54, 1.807) is 45.9 Å². The molecule has 0 atom stereocenters. The number of hydrogen-bond donors (Lipinski definition) is 2. The van der Waals surface area contributed by atoms with Gasteiger partial charge in [-0.2, -0.15) is 5.26 Å². The molecule has 0 heterocycles. The van der Waals surface area contributed by atoms with E-state index in [-0.39, 0.29) is 0 Å². The number of nitrogen functional groups attached to an aromatic ring is 1. The van der Waals surface area contributed by atoms with E-state index in [0.29, 0.717) is 16.7 Å². The van der Waals surface area contributed by atoms with Crippen molar-refractivity contribution in [2.45, 2.75) is 38.9 Å². The monoisotopic (exact) mass is 245 g/mol. The average Bonchev–Trinajstić information content (AvgIpc) is 2.24. The zero-order chi connectivity index (χ0) is 14.0. The lowest BCUT2D eigenvalue weighted by atomic mass is 9.82. The Labute approximate surface area is 109 Å². The number of benzene rings is 1. The number of aliphatic hydroxyl groups is 1. The summed E-state index contributed by atoms with van der Waals surface area (Å²) >= 11 is 0. The van der Waals surface area contributed by atoms with Gasteiger partial charge in [0.05, 0.1) is 17.2 Å². The number of anilines is 1. The normalized spacial score (nSPS) is 12.2. The van der Waals surface area contributed by atoms with Crippen molar-refractivity contribution in [1.82, 2.24) is 0 Å². The van der Waals surface area contributed by atoms with E-state index >= 15 is 0 Å². The average molecular weight is 245 g/mol. The van der Waals surface area contributed by atoms with Crippen LogP contribution in [0, 0.1) is 11.3 Å². The van der Waals surface area contributed by atoms with Crippen molar-refractivity contribution < 1.29 is 9.76 Å². The molecule has 2 radical (unpaired) electrons. The molecule has 0 aliphatic heterocycles. The summed E-state index contributed by atoms with van der Waals surface area (Å²) in [7, 11) is 1.51. The Kier molecular flexibility index (Phi) is 4.05. The van der Waals surface area contributed by atoms with Gasteiger partial charge in [-0.25, -0.2) is 5.46 Å². The lowest BCUT2D eigenvalue weighted by Crippen LogP contribution is -2.49. The zero-order valence-corrected chi connectivity index (χ0v) is 11.2. The van der Waals surface area contributed by atoms with Gasteiger partial charge in [0.2, 0.25) is 0 Å². The minimum atomic E-state index is -0.984. The minimum Gasteiger partial charge on any atom is -0.649 e. The van der Waals surface area contributed by atoms with Crippen molar-refractivity contribution in [3.05, 3.63) is 23.8 Å². The molecule has 5 heteroatoms. The van der Waals surface area contributed by atoms with E-state index in [4.69, 9.17) is 15.6 Å². The fraction of sp³-hybridized carbons (Fsp3) is 0.462. The van der Waals surface area contributed by atoms with Crippen molar-refractivity contribution in [3.63, 3.8) is 0 Å². The maximum absolute atomic E-state index is 9.96. The summed E-state index contributed by atoms with van der Waals surface area (Å²) in [5, 5.41) is 18.8. The van der Waals surface area contributed by atoms with Crippen molar-refractivity contribution >= 4 is 18.6 Å². The summed E-state index contributed by atoms with van der Waals surface area (Å²) in [6.45, 7) is 6.95. The van der Waals surface area contributed by atoms with Crippen LogP contribution in [0.5, 0.6) is 0 Å². The molecule has 0 saturated heterocycles. The number of rotatable bonds is 4. The van der Waals surface area contributed by atoms with Crippen LogP contribution in [-0.4, -0.2) is 23.8 Å². The van der Waals surface area contributed by atoms with Crippen LogP contribution in [0.15, 0.2) is 18.2 Å². The fourth-order valence-electron chi connectivity index (χ4n) is 1.17. The molecule has 18 heavy (non-hydrogen) atoms. The fourth-order valence-corrected chi connectivity index (χ4v) is 1.17. The third kappa shape index (κ3) is 3.49. The van der Waals surface area contributed by atoms with E-state index in [2.05, 4.69) is 0 Å². The summed E-state index contributed by atoms with van der Waals surface area (Å²) in [5.74, 6) is 0. The second kappa shape index (κ2) is 5.01. The molecule has 0 spiro atoms. The number of hydrogen-bond acceptors (Lipinski definition) is 4. The number of nitriles is 1. The molecule has 0 bridgehead atoms. The van der Waals surface area contributed by atoms with Gasteiger partial charge in [0.15, 0.2) is 0 Å². The topological polar surface area (TPSA) is 79.3 Å². The second-order valence-corrected chi connectivity index (χ2v) is 5.31. The molecule has 1 aromatic rings. The molecular weight excluding hydrogens is 227 g/mol. The van der Waals surface area contributed by atoms with Gasteiger partial charge in [-0.05, 0) is 33.8 Å². The summed E-state index contributed by atoms with van der Waals surface area (Å²) < 4.78 is 5.59. The first kappa shape index (κ1) is 14.6. The Balaban J connectivity index is 2.82. The Morgan fingerprint density at radius 1 is 1.28 bits per heavy atom. The van der Waals surface area contributed by atoms with Gasteiger partial charge in [0.1, 0.15) is 0 Å². The van der Waals surface area contributed by atoms with Gasteiger partial charge in [-0.15, -0.1) is 7.48 Å². The van der Waals surface area contributed by atoms with Gasteiger partial charge in [-0.1, -0.05) is 12.1 Å². The second-order valence-electron chi connectivity index (χ2n) is 5.31. The van der Waals surface area contributed by atoms with Gasteiger partial charge in [0, 0.05) is 11.3 Å².